The molecule has 2 rings (SSSR count). The lowest BCUT2D eigenvalue weighted by Gasteiger charge is -2.36. The number of hydrogen-bond donors (Lipinski definition) is 1. The van der Waals surface area contributed by atoms with Crippen molar-refractivity contribution in [1.82, 2.24) is 15.2 Å². The molecular formula is C13H23N3S. The van der Waals surface area contributed by atoms with Gasteiger partial charge in [-0.1, -0.05) is 0 Å². The Kier molecular flexibility index (Phi) is 4.17. The molecule has 1 saturated heterocycles. The first-order valence-electron chi connectivity index (χ1n) is 6.45. The number of hydrogen-bond acceptors (Lipinski definition) is 4. The molecule has 1 N–H and O–H groups in total. The Labute approximate surface area is 108 Å². The minimum absolute atomic E-state index is 0.384. The van der Waals surface area contributed by atoms with Crippen LogP contribution in [0.5, 0.6) is 0 Å². The average molecular weight is 253 g/mol. The maximum atomic E-state index is 4.46. The molecule has 0 aromatic carbocycles. The predicted octanol–water partition coefficient (Wildman–Crippen LogP) is 2.58. The predicted molar refractivity (Wildman–Crippen MR) is 73.5 cm³/mol. The third-order valence-electron chi connectivity index (χ3n) is 3.70. The molecule has 0 radical (unpaired) electrons. The van der Waals surface area contributed by atoms with Crippen molar-refractivity contribution < 1.29 is 0 Å². The molecule has 0 amide bonds. The van der Waals surface area contributed by atoms with Gasteiger partial charge in [-0.05, 0) is 47.2 Å². The lowest BCUT2D eigenvalue weighted by molar-refractivity contribution is 0.163. The van der Waals surface area contributed by atoms with Gasteiger partial charge in [0.05, 0.1) is 6.04 Å². The number of nitrogens with one attached hydrogen (secondary N) is 1. The number of thiazole rings is 1. The molecule has 3 atom stereocenters. The molecule has 1 aromatic heterocycles. The van der Waals surface area contributed by atoms with E-state index in [2.05, 4.69) is 43.0 Å². The van der Waals surface area contributed by atoms with Crippen LogP contribution in [0.25, 0.3) is 0 Å². The Morgan fingerprint density at radius 2 is 2.35 bits per heavy atom. The van der Waals surface area contributed by atoms with E-state index in [1.54, 1.807) is 11.3 Å². The highest BCUT2D eigenvalue weighted by Gasteiger charge is 2.24. The summed E-state index contributed by atoms with van der Waals surface area (Å²) in [4.78, 5) is 8.20. The molecule has 17 heavy (non-hydrogen) atoms. The molecule has 1 aromatic rings. The number of nitrogens with zero attached hydrogens (tertiary/aromatic N) is 2. The van der Waals surface area contributed by atoms with Crippen LogP contribution in [-0.4, -0.2) is 35.6 Å². The SMILES string of the molecule is Cc1cnc(C(C)NC2CCN(C)C(C)C2)s1. The van der Waals surface area contributed by atoms with Crippen molar-refractivity contribution in [3.8, 4) is 0 Å². The summed E-state index contributed by atoms with van der Waals surface area (Å²) < 4.78 is 0. The standard InChI is InChI=1S/C13H23N3S/c1-9-7-12(5-6-16(9)4)15-11(3)13-14-8-10(2)17-13/h8-9,11-12,15H,5-7H2,1-4H3. The van der Waals surface area contributed by atoms with Gasteiger partial charge in [-0.3, -0.25) is 0 Å². The molecule has 2 heterocycles. The van der Waals surface area contributed by atoms with Crippen LogP contribution in [0.1, 0.15) is 42.6 Å². The molecule has 3 nitrogen and oxygen atoms in total. The summed E-state index contributed by atoms with van der Waals surface area (Å²) in [5.74, 6) is 0. The van der Waals surface area contributed by atoms with Crippen molar-refractivity contribution >= 4 is 11.3 Å². The summed E-state index contributed by atoms with van der Waals surface area (Å²) in [5, 5.41) is 4.94. The highest BCUT2D eigenvalue weighted by atomic mass is 32.1. The Balaban J connectivity index is 1.89. The van der Waals surface area contributed by atoms with Crippen molar-refractivity contribution in [1.29, 1.82) is 0 Å². The van der Waals surface area contributed by atoms with E-state index in [1.807, 2.05) is 6.20 Å². The van der Waals surface area contributed by atoms with Crippen molar-refractivity contribution in [2.75, 3.05) is 13.6 Å². The highest BCUT2D eigenvalue weighted by Crippen LogP contribution is 2.22. The van der Waals surface area contributed by atoms with Crippen molar-refractivity contribution in [3.63, 3.8) is 0 Å². The quantitative estimate of drug-likeness (QED) is 0.897. The summed E-state index contributed by atoms with van der Waals surface area (Å²) in [6.07, 6.45) is 4.45. The van der Waals surface area contributed by atoms with Crippen molar-refractivity contribution in [2.45, 2.75) is 51.7 Å². The van der Waals surface area contributed by atoms with Crippen LogP contribution in [0.2, 0.25) is 0 Å². The van der Waals surface area contributed by atoms with E-state index in [1.165, 1.54) is 29.3 Å². The number of aryl methyl sites for hydroxylation is 1. The molecular weight excluding hydrogens is 230 g/mol. The van der Waals surface area contributed by atoms with E-state index >= 15 is 0 Å². The van der Waals surface area contributed by atoms with Crippen LogP contribution in [0.4, 0.5) is 0 Å². The summed E-state index contributed by atoms with van der Waals surface area (Å²) >= 11 is 1.80. The van der Waals surface area contributed by atoms with E-state index in [9.17, 15) is 0 Å². The summed E-state index contributed by atoms with van der Waals surface area (Å²) in [6.45, 7) is 7.85. The topological polar surface area (TPSA) is 28.2 Å². The third kappa shape index (κ3) is 3.27. The van der Waals surface area contributed by atoms with E-state index in [0.29, 0.717) is 18.1 Å². The van der Waals surface area contributed by atoms with Gasteiger partial charge in [0.2, 0.25) is 0 Å². The Morgan fingerprint density at radius 1 is 1.59 bits per heavy atom. The van der Waals surface area contributed by atoms with Gasteiger partial charge in [-0.2, -0.15) is 0 Å². The molecule has 1 aliphatic heterocycles. The van der Waals surface area contributed by atoms with Gasteiger partial charge >= 0.3 is 0 Å². The minimum atomic E-state index is 0.384. The molecule has 1 aliphatic rings. The van der Waals surface area contributed by atoms with Crippen molar-refractivity contribution in [3.05, 3.63) is 16.1 Å². The number of likely N-dealkylation sites (tertiary alicyclic amines) is 1. The summed E-state index contributed by atoms with van der Waals surface area (Å²) in [6, 6.07) is 1.71. The molecule has 96 valence electrons. The van der Waals surface area contributed by atoms with Crippen LogP contribution in [0.15, 0.2) is 6.20 Å². The molecule has 0 spiro atoms. The highest BCUT2D eigenvalue weighted by molar-refractivity contribution is 7.11. The first-order valence-corrected chi connectivity index (χ1v) is 7.26. The Hall–Kier alpha value is -0.450. The fourth-order valence-corrected chi connectivity index (χ4v) is 3.22. The monoisotopic (exact) mass is 253 g/mol. The van der Waals surface area contributed by atoms with Crippen molar-refractivity contribution in [2.24, 2.45) is 0 Å². The smallest absolute Gasteiger partial charge is 0.109 e. The second-order valence-corrected chi connectivity index (χ2v) is 6.51. The van der Waals surface area contributed by atoms with Crippen LogP contribution in [0.3, 0.4) is 0 Å². The molecule has 0 bridgehead atoms. The fraction of sp³-hybridized carbons (Fsp3) is 0.769. The lowest BCUT2D eigenvalue weighted by atomic mass is 9.98. The molecule has 1 fully saturated rings. The summed E-state index contributed by atoms with van der Waals surface area (Å²) in [5.41, 5.74) is 0. The van der Waals surface area contributed by atoms with Crippen LogP contribution < -0.4 is 5.32 Å². The van der Waals surface area contributed by atoms with Gasteiger partial charge in [0.1, 0.15) is 5.01 Å². The zero-order valence-corrected chi connectivity index (χ0v) is 12.0. The van der Waals surface area contributed by atoms with E-state index in [0.717, 1.165) is 0 Å². The number of rotatable bonds is 3. The van der Waals surface area contributed by atoms with Gasteiger partial charge < -0.3 is 10.2 Å². The molecule has 4 heteroatoms. The third-order valence-corrected chi connectivity index (χ3v) is 4.80. The first-order chi connectivity index (χ1) is 8.06. The normalized spacial score (nSPS) is 28.2. The number of piperidine rings is 1. The largest absolute Gasteiger partial charge is 0.305 e. The lowest BCUT2D eigenvalue weighted by Crippen LogP contribution is -2.46. The molecule has 0 aliphatic carbocycles. The van der Waals surface area contributed by atoms with Crippen LogP contribution >= 0.6 is 11.3 Å². The molecule has 0 saturated carbocycles. The molecule has 3 unspecified atom stereocenters. The van der Waals surface area contributed by atoms with E-state index in [-0.39, 0.29) is 0 Å². The fourth-order valence-electron chi connectivity index (χ4n) is 2.44. The Morgan fingerprint density at radius 3 is 2.94 bits per heavy atom. The van der Waals surface area contributed by atoms with Gasteiger partial charge in [0.25, 0.3) is 0 Å². The van der Waals surface area contributed by atoms with Gasteiger partial charge in [0.15, 0.2) is 0 Å². The summed E-state index contributed by atoms with van der Waals surface area (Å²) in [7, 11) is 2.22. The first kappa shape index (κ1) is 13.0. The van der Waals surface area contributed by atoms with E-state index < -0.39 is 0 Å². The van der Waals surface area contributed by atoms with Crippen LogP contribution in [0, 0.1) is 6.92 Å². The zero-order valence-electron chi connectivity index (χ0n) is 11.2. The van der Waals surface area contributed by atoms with Crippen LogP contribution in [-0.2, 0) is 0 Å². The maximum Gasteiger partial charge on any atom is 0.109 e. The average Bonchev–Trinajstić information content (AvgIpc) is 2.70. The zero-order chi connectivity index (χ0) is 12.4. The Bertz CT molecular complexity index is 363. The van der Waals surface area contributed by atoms with E-state index in [4.69, 9.17) is 0 Å². The second kappa shape index (κ2) is 5.46. The van der Waals surface area contributed by atoms with Gasteiger partial charge in [-0.15, -0.1) is 11.3 Å². The van der Waals surface area contributed by atoms with Gasteiger partial charge in [0, 0.05) is 23.2 Å². The maximum absolute atomic E-state index is 4.46. The number of aromatic nitrogens is 1. The van der Waals surface area contributed by atoms with Gasteiger partial charge in [-0.25, -0.2) is 4.98 Å². The second-order valence-electron chi connectivity index (χ2n) is 5.25. The minimum Gasteiger partial charge on any atom is -0.305 e.